The molecule has 4 nitrogen and oxygen atoms in total. The van der Waals surface area contributed by atoms with Crippen LogP contribution in [-0.4, -0.2) is 21.0 Å². The van der Waals surface area contributed by atoms with Gasteiger partial charge in [0, 0.05) is 12.5 Å². The van der Waals surface area contributed by atoms with E-state index in [0.717, 1.165) is 11.3 Å². The van der Waals surface area contributed by atoms with Gasteiger partial charge in [0.1, 0.15) is 18.0 Å². The Morgan fingerprint density at radius 2 is 2.15 bits per heavy atom. The fraction of sp³-hybridized carbons (Fsp3) is 0.400. The summed E-state index contributed by atoms with van der Waals surface area (Å²) in [5, 5.41) is 15.3. The monoisotopic (exact) mass is 292 g/mol. The molecule has 2 atom stereocenters. The average molecular weight is 293 g/mol. The summed E-state index contributed by atoms with van der Waals surface area (Å²) in [7, 11) is 0. The molecule has 0 spiro atoms. The van der Waals surface area contributed by atoms with Crippen LogP contribution in [0, 0.1) is 0 Å². The van der Waals surface area contributed by atoms with Gasteiger partial charge in [-0.3, -0.25) is 4.68 Å². The van der Waals surface area contributed by atoms with E-state index in [1.807, 2.05) is 38.1 Å². The number of benzene rings is 1. The third-order valence-electron chi connectivity index (χ3n) is 3.58. The zero-order valence-electron chi connectivity index (χ0n) is 11.5. The highest BCUT2D eigenvalue weighted by Gasteiger charge is 2.33. The molecule has 2 unspecified atom stereocenters. The average Bonchev–Trinajstić information content (AvgIpc) is 3.01. The Hall–Kier alpha value is -1.52. The number of aromatic nitrogens is 2. The van der Waals surface area contributed by atoms with Crippen LogP contribution in [0.2, 0.25) is 5.02 Å². The molecule has 5 heteroatoms. The molecule has 106 valence electrons. The van der Waals surface area contributed by atoms with Crippen molar-refractivity contribution in [3.8, 4) is 5.75 Å². The largest absolute Gasteiger partial charge is 0.487 e. The highest BCUT2D eigenvalue weighted by Crippen LogP contribution is 2.36. The van der Waals surface area contributed by atoms with Crippen molar-refractivity contribution >= 4 is 11.6 Å². The van der Waals surface area contributed by atoms with Crippen LogP contribution in [0.25, 0.3) is 0 Å². The van der Waals surface area contributed by atoms with Gasteiger partial charge in [0.2, 0.25) is 0 Å². The van der Waals surface area contributed by atoms with Crippen molar-refractivity contribution in [1.82, 2.24) is 9.78 Å². The van der Waals surface area contributed by atoms with E-state index in [9.17, 15) is 5.11 Å². The van der Waals surface area contributed by atoms with E-state index >= 15 is 0 Å². The fourth-order valence-electron chi connectivity index (χ4n) is 2.60. The number of ether oxygens (including phenoxy) is 1. The van der Waals surface area contributed by atoms with Crippen LogP contribution >= 0.6 is 11.6 Å². The van der Waals surface area contributed by atoms with Gasteiger partial charge in [-0.15, -0.1) is 0 Å². The predicted octanol–water partition coefficient (Wildman–Crippen LogP) is 3.15. The summed E-state index contributed by atoms with van der Waals surface area (Å²) in [6.07, 6.45) is 1.14. The molecule has 0 saturated heterocycles. The molecule has 2 heterocycles. The number of fused-ring (bicyclic) bond motifs is 1. The molecule has 0 aliphatic carbocycles. The van der Waals surface area contributed by atoms with Crippen molar-refractivity contribution in [3.63, 3.8) is 0 Å². The molecule has 0 saturated carbocycles. The van der Waals surface area contributed by atoms with Crippen molar-refractivity contribution in [2.24, 2.45) is 0 Å². The first-order chi connectivity index (χ1) is 9.58. The number of aliphatic hydroxyl groups excluding tert-OH is 1. The van der Waals surface area contributed by atoms with Gasteiger partial charge in [0.25, 0.3) is 0 Å². The van der Waals surface area contributed by atoms with Crippen LogP contribution in [0.5, 0.6) is 5.75 Å². The van der Waals surface area contributed by atoms with E-state index in [0.29, 0.717) is 17.1 Å². The quantitative estimate of drug-likeness (QED) is 0.945. The zero-order chi connectivity index (χ0) is 14.3. The lowest BCUT2D eigenvalue weighted by Gasteiger charge is -2.21. The lowest BCUT2D eigenvalue weighted by molar-refractivity contribution is 0.0422. The van der Waals surface area contributed by atoms with Crippen LogP contribution in [0.3, 0.4) is 0 Å². The summed E-state index contributed by atoms with van der Waals surface area (Å²) in [4.78, 5) is 0. The maximum atomic E-state index is 10.6. The van der Waals surface area contributed by atoms with Crippen LogP contribution < -0.4 is 4.74 Å². The van der Waals surface area contributed by atoms with Crippen LogP contribution in [-0.2, 0) is 6.42 Å². The molecule has 1 aromatic heterocycles. The van der Waals surface area contributed by atoms with Gasteiger partial charge in [-0.25, -0.2) is 0 Å². The molecule has 20 heavy (non-hydrogen) atoms. The van der Waals surface area contributed by atoms with Crippen molar-refractivity contribution < 1.29 is 9.84 Å². The highest BCUT2D eigenvalue weighted by atomic mass is 35.5. The summed E-state index contributed by atoms with van der Waals surface area (Å²) in [6, 6.07) is 7.98. The van der Waals surface area contributed by atoms with Gasteiger partial charge in [-0.2, -0.15) is 5.10 Å². The summed E-state index contributed by atoms with van der Waals surface area (Å²) in [5.74, 6) is 0.836. The van der Waals surface area contributed by atoms with E-state index < -0.39 is 6.10 Å². The smallest absolute Gasteiger partial charge is 0.134 e. The van der Waals surface area contributed by atoms with Crippen molar-refractivity contribution in [3.05, 3.63) is 46.7 Å². The Labute approximate surface area is 122 Å². The first-order valence-electron chi connectivity index (χ1n) is 6.73. The number of rotatable bonds is 3. The third-order valence-corrected chi connectivity index (χ3v) is 3.87. The fourth-order valence-corrected chi connectivity index (χ4v) is 2.84. The number of nitrogens with zero attached hydrogens (tertiary/aromatic N) is 2. The summed E-state index contributed by atoms with van der Waals surface area (Å²) in [6.45, 7) is 4.01. The number of aliphatic hydroxyl groups is 1. The number of hydrogen-bond donors (Lipinski definition) is 1. The molecular weight excluding hydrogens is 276 g/mol. The Kier molecular flexibility index (Phi) is 3.44. The molecule has 1 aliphatic heterocycles. The van der Waals surface area contributed by atoms with Crippen LogP contribution in [0.4, 0.5) is 0 Å². The second-order valence-electron chi connectivity index (χ2n) is 5.33. The molecular formula is C15H17ClN2O2. The summed E-state index contributed by atoms with van der Waals surface area (Å²) >= 11 is 6.17. The standard InChI is InChI=1S/C15H17ClN2O2/c1-9(2)18-14(11(16)8-17-18)15(19)13-7-10-5-3-4-6-12(10)20-13/h3-6,8-9,13,15,19H,7H2,1-2H3. The normalized spacial score (nSPS) is 18.9. The van der Waals surface area contributed by atoms with Gasteiger partial charge in [-0.05, 0) is 25.5 Å². The van der Waals surface area contributed by atoms with E-state index in [2.05, 4.69) is 5.10 Å². The molecule has 1 aromatic carbocycles. The molecule has 1 aliphatic rings. The predicted molar refractivity (Wildman–Crippen MR) is 77.1 cm³/mol. The van der Waals surface area contributed by atoms with Crippen molar-refractivity contribution in [2.75, 3.05) is 0 Å². The minimum Gasteiger partial charge on any atom is -0.487 e. The van der Waals surface area contributed by atoms with E-state index in [1.165, 1.54) is 0 Å². The summed E-state index contributed by atoms with van der Waals surface area (Å²) in [5.41, 5.74) is 1.74. The molecule has 0 amide bonds. The van der Waals surface area contributed by atoms with E-state index in [1.54, 1.807) is 10.9 Å². The Bertz CT molecular complexity index is 599. The first kappa shape index (κ1) is 13.5. The van der Waals surface area contributed by atoms with Crippen molar-refractivity contribution in [1.29, 1.82) is 0 Å². The molecule has 0 bridgehead atoms. The maximum Gasteiger partial charge on any atom is 0.134 e. The molecule has 2 aromatic rings. The topological polar surface area (TPSA) is 47.3 Å². The molecule has 1 N–H and O–H groups in total. The van der Waals surface area contributed by atoms with Gasteiger partial charge < -0.3 is 9.84 Å². The highest BCUT2D eigenvalue weighted by molar-refractivity contribution is 6.31. The van der Waals surface area contributed by atoms with Gasteiger partial charge in [0.15, 0.2) is 0 Å². The Balaban J connectivity index is 1.88. The number of para-hydroxylation sites is 1. The van der Waals surface area contributed by atoms with E-state index in [4.69, 9.17) is 16.3 Å². The lowest BCUT2D eigenvalue weighted by atomic mass is 10.0. The third kappa shape index (κ3) is 2.19. The molecule has 0 fully saturated rings. The Morgan fingerprint density at radius 3 is 2.85 bits per heavy atom. The Morgan fingerprint density at radius 1 is 1.40 bits per heavy atom. The second-order valence-corrected chi connectivity index (χ2v) is 5.74. The van der Waals surface area contributed by atoms with Crippen LogP contribution in [0.1, 0.15) is 37.3 Å². The minimum absolute atomic E-state index is 0.135. The number of halogens is 1. The molecule has 0 radical (unpaired) electrons. The van der Waals surface area contributed by atoms with Gasteiger partial charge in [-0.1, -0.05) is 29.8 Å². The second kappa shape index (κ2) is 5.11. The minimum atomic E-state index is -0.792. The van der Waals surface area contributed by atoms with Crippen molar-refractivity contribution in [2.45, 2.75) is 38.5 Å². The first-order valence-corrected chi connectivity index (χ1v) is 7.11. The van der Waals surface area contributed by atoms with Gasteiger partial charge in [0.05, 0.1) is 16.9 Å². The van der Waals surface area contributed by atoms with E-state index in [-0.39, 0.29) is 12.1 Å². The molecule has 3 rings (SSSR count). The number of hydrogen-bond acceptors (Lipinski definition) is 3. The van der Waals surface area contributed by atoms with Crippen LogP contribution in [0.15, 0.2) is 30.5 Å². The maximum absolute atomic E-state index is 10.6. The SMILES string of the molecule is CC(C)n1ncc(Cl)c1C(O)C1Cc2ccccc2O1. The zero-order valence-corrected chi connectivity index (χ0v) is 12.2. The lowest BCUT2D eigenvalue weighted by Crippen LogP contribution is -2.26. The summed E-state index contributed by atoms with van der Waals surface area (Å²) < 4.78 is 7.58. The van der Waals surface area contributed by atoms with Gasteiger partial charge >= 0.3 is 0 Å².